The summed E-state index contributed by atoms with van der Waals surface area (Å²) in [6.07, 6.45) is 9.34. The standard InChI is InChI=1S/C21H32O2.Ac/c1-19(2)8-6-16-18-15(7-10-21(16,19)4)20(3)9-5-14(22)11-13(20)12-17(18)23;/h12,14-16,18,22H,5-11H2,1-4H3;. The first kappa shape index (κ1) is 19.6. The van der Waals surface area contributed by atoms with E-state index < -0.39 is 0 Å². The normalized spacial score (nSPS) is 49.4. The molecule has 4 rings (SSSR count). The van der Waals surface area contributed by atoms with E-state index in [1.807, 2.05) is 6.08 Å². The van der Waals surface area contributed by atoms with E-state index in [1.54, 1.807) is 0 Å². The first-order chi connectivity index (χ1) is 10.7. The summed E-state index contributed by atoms with van der Waals surface area (Å²) >= 11 is 0. The second-order valence-corrected chi connectivity index (χ2v) is 10.0. The number of ketones is 1. The Labute approximate surface area is 182 Å². The molecule has 0 aromatic carbocycles. The monoisotopic (exact) mass is 543 g/mol. The molecule has 0 aromatic rings. The molecular weight excluding hydrogens is 511 g/mol. The fourth-order valence-corrected chi connectivity index (χ4v) is 6.88. The molecule has 0 spiro atoms. The van der Waals surface area contributed by atoms with Crippen LogP contribution in [0.25, 0.3) is 0 Å². The molecule has 6 atom stereocenters. The average Bonchev–Trinajstić information content (AvgIpc) is 2.72. The summed E-state index contributed by atoms with van der Waals surface area (Å²) in [5, 5.41) is 10.1. The van der Waals surface area contributed by atoms with Gasteiger partial charge in [0.2, 0.25) is 0 Å². The van der Waals surface area contributed by atoms with Crippen LogP contribution in [0.4, 0.5) is 0 Å². The van der Waals surface area contributed by atoms with Crippen molar-refractivity contribution in [1.29, 1.82) is 0 Å². The van der Waals surface area contributed by atoms with Crippen LogP contribution in [-0.4, -0.2) is 17.0 Å². The molecule has 4 aliphatic carbocycles. The molecule has 3 saturated carbocycles. The molecule has 131 valence electrons. The fourth-order valence-electron chi connectivity index (χ4n) is 6.88. The maximum atomic E-state index is 13.1. The number of aliphatic hydroxyl groups is 1. The quantitative estimate of drug-likeness (QED) is 0.488. The van der Waals surface area contributed by atoms with Crippen LogP contribution in [0.1, 0.15) is 72.6 Å². The number of carbonyl (C=O) groups excluding carboxylic acids is 1. The molecule has 0 heterocycles. The SMILES string of the molecule is CC12CCC(O)CC1=CC(=O)C1C2CCC2(C)C1CCC2(C)C.[Ac]. The molecule has 4 aliphatic rings. The summed E-state index contributed by atoms with van der Waals surface area (Å²) in [5.74, 6) is 1.68. The van der Waals surface area contributed by atoms with Crippen LogP contribution in [0.5, 0.6) is 0 Å². The maximum Gasteiger partial charge on any atom is 0.159 e. The van der Waals surface area contributed by atoms with Crippen LogP contribution in [0, 0.1) is 78.1 Å². The van der Waals surface area contributed by atoms with E-state index in [-0.39, 0.29) is 61.5 Å². The van der Waals surface area contributed by atoms with Crippen molar-refractivity contribution in [3.8, 4) is 0 Å². The number of hydrogen-bond donors (Lipinski definition) is 1. The summed E-state index contributed by atoms with van der Waals surface area (Å²) in [7, 11) is 0. The Morgan fingerprint density at radius 2 is 1.67 bits per heavy atom. The second kappa shape index (κ2) is 6.17. The van der Waals surface area contributed by atoms with Crippen LogP contribution in [0.3, 0.4) is 0 Å². The fraction of sp³-hybridized carbons (Fsp3) is 0.857. The minimum absolute atomic E-state index is 0. The summed E-state index contributed by atoms with van der Waals surface area (Å²) < 4.78 is 0. The summed E-state index contributed by atoms with van der Waals surface area (Å²) in [4.78, 5) is 13.1. The van der Waals surface area contributed by atoms with Gasteiger partial charge in [-0.2, -0.15) is 0 Å². The van der Waals surface area contributed by atoms with Crippen LogP contribution in [0.15, 0.2) is 11.6 Å². The smallest absolute Gasteiger partial charge is 0.159 e. The molecule has 6 unspecified atom stereocenters. The molecule has 0 aliphatic heterocycles. The van der Waals surface area contributed by atoms with Gasteiger partial charge in [0.1, 0.15) is 0 Å². The largest absolute Gasteiger partial charge is 0.393 e. The Morgan fingerprint density at radius 3 is 2.38 bits per heavy atom. The first-order valence-corrected chi connectivity index (χ1v) is 9.62. The third-order valence-corrected chi connectivity index (χ3v) is 8.94. The van der Waals surface area contributed by atoms with E-state index in [2.05, 4.69) is 27.7 Å². The molecule has 1 radical (unpaired) electrons. The third-order valence-electron chi connectivity index (χ3n) is 8.94. The van der Waals surface area contributed by atoms with Gasteiger partial charge in [0, 0.05) is 50.0 Å². The number of aliphatic hydroxyl groups excluding tert-OH is 1. The zero-order valence-electron chi connectivity index (χ0n) is 15.8. The zero-order valence-corrected chi connectivity index (χ0v) is 20.5. The van der Waals surface area contributed by atoms with Gasteiger partial charge in [-0.3, -0.25) is 4.79 Å². The Kier molecular flexibility index (Phi) is 5.03. The molecule has 3 heteroatoms. The molecule has 3 fully saturated rings. The van der Waals surface area contributed by atoms with Crippen molar-refractivity contribution in [2.75, 3.05) is 0 Å². The summed E-state index contributed by atoms with van der Waals surface area (Å²) in [5.41, 5.74) is 2.09. The Hall–Kier alpha value is 0.812. The van der Waals surface area contributed by atoms with Crippen molar-refractivity contribution in [3.63, 3.8) is 0 Å². The molecular formula is C21H32AcO2. The summed E-state index contributed by atoms with van der Waals surface area (Å²) in [6.45, 7) is 9.68. The van der Waals surface area contributed by atoms with E-state index in [9.17, 15) is 9.90 Å². The van der Waals surface area contributed by atoms with Crippen molar-refractivity contribution in [2.24, 2.45) is 34.0 Å². The van der Waals surface area contributed by atoms with Crippen molar-refractivity contribution in [3.05, 3.63) is 11.6 Å². The van der Waals surface area contributed by atoms with Crippen molar-refractivity contribution < 1.29 is 54.0 Å². The molecule has 1 N–H and O–H groups in total. The van der Waals surface area contributed by atoms with Gasteiger partial charge in [0.15, 0.2) is 5.78 Å². The zero-order chi connectivity index (χ0) is 16.6. The predicted octanol–water partition coefficient (Wildman–Crippen LogP) is 4.52. The number of rotatable bonds is 0. The van der Waals surface area contributed by atoms with Gasteiger partial charge in [-0.15, -0.1) is 0 Å². The van der Waals surface area contributed by atoms with Gasteiger partial charge in [-0.25, -0.2) is 0 Å². The van der Waals surface area contributed by atoms with Gasteiger partial charge in [0.25, 0.3) is 0 Å². The molecule has 0 amide bonds. The van der Waals surface area contributed by atoms with Gasteiger partial charge in [-0.05, 0) is 79.1 Å². The second-order valence-electron chi connectivity index (χ2n) is 10.0. The Bertz CT molecular complexity index is 580. The van der Waals surface area contributed by atoms with Gasteiger partial charge < -0.3 is 5.11 Å². The van der Waals surface area contributed by atoms with Crippen molar-refractivity contribution in [2.45, 2.75) is 78.7 Å². The van der Waals surface area contributed by atoms with Crippen LogP contribution >= 0.6 is 0 Å². The van der Waals surface area contributed by atoms with Gasteiger partial charge >= 0.3 is 0 Å². The topological polar surface area (TPSA) is 37.3 Å². The minimum atomic E-state index is -0.238. The molecule has 0 aromatic heterocycles. The Balaban J connectivity index is 0.00000169. The van der Waals surface area contributed by atoms with Gasteiger partial charge in [0.05, 0.1) is 6.10 Å². The number of fused-ring (bicyclic) bond motifs is 5. The predicted molar refractivity (Wildman–Crippen MR) is 91.9 cm³/mol. The Morgan fingerprint density at radius 1 is 1.00 bits per heavy atom. The van der Waals surface area contributed by atoms with Crippen LogP contribution in [0.2, 0.25) is 0 Å². The van der Waals surface area contributed by atoms with E-state index in [0.29, 0.717) is 28.4 Å². The number of allylic oxidation sites excluding steroid dienone is 1. The molecule has 0 bridgehead atoms. The minimum Gasteiger partial charge on any atom is -0.393 e. The van der Waals surface area contributed by atoms with Crippen molar-refractivity contribution in [1.82, 2.24) is 0 Å². The third kappa shape index (κ3) is 2.51. The molecule has 24 heavy (non-hydrogen) atoms. The maximum absolute atomic E-state index is 13.1. The molecule has 2 nitrogen and oxygen atoms in total. The van der Waals surface area contributed by atoms with Crippen molar-refractivity contribution >= 4 is 5.78 Å². The molecule has 0 saturated heterocycles. The first-order valence-electron chi connectivity index (χ1n) is 9.62. The van der Waals surface area contributed by atoms with Gasteiger partial charge in [-0.1, -0.05) is 33.3 Å². The average molecular weight is 543 g/mol. The summed E-state index contributed by atoms with van der Waals surface area (Å²) in [6, 6.07) is 0. The van der Waals surface area contributed by atoms with Crippen LogP contribution < -0.4 is 0 Å². The van der Waals surface area contributed by atoms with E-state index in [4.69, 9.17) is 0 Å². The number of hydrogen-bond acceptors (Lipinski definition) is 2. The van der Waals surface area contributed by atoms with E-state index >= 15 is 0 Å². The van der Waals surface area contributed by atoms with E-state index in [0.717, 1.165) is 19.3 Å². The number of carbonyl (C=O) groups is 1. The van der Waals surface area contributed by atoms with E-state index in [1.165, 1.54) is 31.3 Å². The van der Waals surface area contributed by atoms with Crippen LogP contribution in [-0.2, 0) is 4.79 Å².